The molecule has 0 N–H and O–H groups in total. The van der Waals surface area contributed by atoms with Gasteiger partial charge in [0, 0.05) is 12.7 Å². The van der Waals surface area contributed by atoms with Crippen molar-refractivity contribution < 1.29 is 9.53 Å². The van der Waals surface area contributed by atoms with Crippen molar-refractivity contribution in [1.82, 2.24) is 9.78 Å². The highest BCUT2D eigenvalue weighted by Crippen LogP contribution is 2.22. The van der Waals surface area contributed by atoms with Crippen LogP contribution in [0.25, 0.3) is 0 Å². The summed E-state index contributed by atoms with van der Waals surface area (Å²) < 4.78 is 7.34. The Kier molecular flexibility index (Phi) is 3.77. The maximum absolute atomic E-state index is 11.0. The molecule has 0 fully saturated rings. The summed E-state index contributed by atoms with van der Waals surface area (Å²) >= 11 is 0. The van der Waals surface area contributed by atoms with Crippen LogP contribution in [0.4, 0.5) is 0 Å². The molecular formula is C14H16N2O2. The summed E-state index contributed by atoms with van der Waals surface area (Å²) in [5, 5.41) is 4.28. The third-order valence-corrected chi connectivity index (χ3v) is 2.39. The third kappa shape index (κ3) is 2.97. The molecule has 0 aliphatic carbocycles. The number of hydrogen-bond donors (Lipinski definition) is 0. The predicted molar refractivity (Wildman–Crippen MR) is 69.0 cm³/mol. The van der Waals surface area contributed by atoms with Gasteiger partial charge in [-0.2, -0.15) is 0 Å². The fourth-order valence-electron chi connectivity index (χ4n) is 1.65. The van der Waals surface area contributed by atoms with E-state index in [1.807, 2.05) is 30.3 Å². The Bertz CT molecular complexity index is 518. The van der Waals surface area contributed by atoms with Crippen molar-refractivity contribution in [3.05, 3.63) is 42.1 Å². The lowest BCUT2D eigenvalue weighted by atomic mass is 10.2. The molecular weight excluding hydrogens is 228 g/mol. The number of nitrogens with zero attached hydrogens (tertiary/aromatic N) is 2. The minimum absolute atomic E-state index is 0.358. The summed E-state index contributed by atoms with van der Waals surface area (Å²) in [6.45, 7) is 4.96. The molecule has 94 valence electrons. The number of carbonyl (C=O) groups is 1. The van der Waals surface area contributed by atoms with E-state index in [9.17, 15) is 4.79 Å². The number of benzene rings is 1. The molecule has 0 aliphatic heterocycles. The van der Waals surface area contributed by atoms with E-state index < -0.39 is 0 Å². The zero-order valence-corrected chi connectivity index (χ0v) is 10.5. The zero-order chi connectivity index (χ0) is 13.0. The first-order chi connectivity index (χ1) is 8.69. The van der Waals surface area contributed by atoms with Gasteiger partial charge in [0.1, 0.15) is 5.75 Å². The van der Waals surface area contributed by atoms with Crippen LogP contribution in [0, 0.1) is 5.92 Å². The first-order valence-corrected chi connectivity index (χ1v) is 5.94. The Morgan fingerprint density at radius 1 is 1.33 bits per heavy atom. The van der Waals surface area contributed by atoms with Gasteiger partial charge in [0.15, 0.2) is 6.29 Å². The molecule has 4 nitrogen and oxygen atoms in total. The molecule has 18 heavy (non-hydrogen) atoms. The van der Waals surface area contributed by atoms with Crippen LogP contribution < -0.4 is 4.74 Å². The van der Waals surface area contributed by atoms with E-state index in [1.54, 1.807) is 10.9 Å². The van der Waals surface area contributed by atoms with E-state index >= 15 is 0 Å². The first kappa shape index (κ1) is 12.4. The Morgan fingerprint density at radius 3 is 2.67 bits per heavy atom. The molecule has 2 aromatic rings. The fraction of sp³-hybridized carbons (Fsp3) is 0.286. The van der Waals surface area contributed by atoms with Crippen molar-refractivity contribution in [3.63, 3.8) is 0 Å². The van der Waals surface area contributed by atoms with Gasteiger partial charge in [0.2, 0.25) is 5.88 Å². The highest BCUT2D eigenvalue weighted by molar-refractivity contribution is 5.77. The van der Waals surface area contributed by atoms with Gasteiger partial charge in [-0.3, -0.25) is 9.48 Å². The van der Waals surface area contributed by atoms with E-state index in [-0.39, 0.29) is 0 Å². The molecule has 0 atom stereocenters. The van der Waals surface area contributed by atoms with Crippen LogP contribution in [0.3, 0.4) is 0 Å². The lowest BCUT2D eigenvalue weighted by molar-refractivity contribution is 0.112. The third-order valence-electron chi connectivity index (χ3n) is 2.39. The summed E-state index contributed by atoms with van der Waals surface area (Å²) in [6.07, 6.45) is 2.48. The number of para-hydroxylation sites is 1. The Balaban J connectivity index is 2.21. The summed E-state index contributed by atoms with van der Waals surface area (Å²) in [4.78, 5) is 11.0. The van der Waals surface area contributed by atoms with Crippen LogP contribution in [-0.4, -0.2) is 16.1 Å². The highest BCUT2D eigenvalue weighted by Gasteiger charge is 2.11. The van der Waals surface area contributed by atoms with Crippen LogP contribution >= 0.6 is 0 Å². The van der Waals surface area contributed by atoms with Crippen LogP contribution in [-0.2, 0) is 6.54 Å². The minimum Gasteiger partial charge on any atom is -0.437 e. The molecule has 0 bridgehead atoms. The molecule has 0 saturated heterocycles. The Hall–Kier alpha value is -2.10. The number of rotatable bonds is 5. The molecule has 2 rings (SSSR count). The van der Waals surface area contributed by atoms with E-state index in [1.165, 1.54) is 0 Å². The first-order valence-electron chi connectivity index (χ1n) is 5.94. The molecule has 0 amide bonds. The topological polar surface area (TPSA) is 44.1 Å². The molecule has 1 aromatic carbocycles. The van der Waals surface area contributed by atoms with E-state index in [0.717, 1.165) is 12.8 Å². The van der Waals surface area contributed by atoms with Crippen molar-refractivity contribution in [2.45, 2.75) is 20.4 Å². The summed E-state index contributed by atoms with van der Waals surface area (Å²) in [5.74, 6) is 1.50. The van der Waals surface area contributed by atoms with Gasteiger partial charge < -0.3 is 4.74 Å². The van der Waals surface area contributed by atoms with Gasteiger partial charge in [-0.05, 0) is 18.1 Å². The van der Waals surface area contributed by atoms with E-state index in [4.69, 9.17) is 4.74 Å². The van der Waals surface area contributed by atoms with Crippen LogP contribution in [0.5, 0.6) is 11.6 Å². The Labute approximate surface area is 106 Å². The molecule has 0 aliphatic rings. The number of aromatic nitrogens is 2. The second kappa shape index (κ2) is 5.49. The van der Waals surface area contributed by atoms with Gasteiger partial charge in [0.05, 0.1) is 5.56 Å². The van der Waals surface area contributed by atoms with Crippen LogP contribution in [0.1, 0.15) is 24.2 Å². The van der Waals surface area contributed by atoms with Gasteiger partial charge in [-0.1, -0.05) is 32.0 Å². The summed E-state index contributed by atoms with van der Waals surface area (Å²) in [7, 11) is 0. The molecule has 0 saturated carbocycles. The van der Waals surface area contributed by atoms with Crippen molar-refractivity contribution in [2.24, 2.45) is 5.92 Å². The van der Waals surface area contributed by atoms with Gasteiger partial charge >= 0.3 is 0 Å². The molecule has 0 unspecified atom stereocenters. The second-order valence-corrected chi connectivity index (χ2v) is 4.54. The number of hydrogen-bond acceptors (Lipinski definition) is 3. The summed E-state index contributed by atoms with van der Waals surface area (Å²) in [6, 6.07) is 9.32. The molecule has 1 aromatic heterocycles. The van der Waals surface area contributed by atoms with Crippen molar-refractivity contribution in [1.29, 1.82) is 0 Å². The Morgan fingerprint density at radius 2 is 2.06 bits per heavy atom. The largest absolute Gasteiger partial charge is 0.437 e. The lowest BCUT2D eigenvalue weighted by Gasteiger charge is -2.04. The summed E-state index contributed by atoms with van der Waals surface area (Å²) in [5.41, 5.74) is 0.472. The highest BCUT2D eigenvalue weighted by atomic mass is 16.5. The van der Waals surface area contributed by atoms with Crippen molar-refractivity contribution >= 4 is 6.29 Å². The number of carbonyl (C=O) groups excluding carboxylic acids is 1. The number of ether oxygens (including phenoxy) is 1. The van der Waals surface area contributed by atoms with Crippen molar-refractivity contribution in [3.8, 4) is 11.6 Å². The lowest BCUT2D eigenvalue weighted by Crippen LogP contribution is -2.04. The maximum atomic E-state index is 11.0. The molecule has 1 heterocycles. The van der Waals surface area contributed by atoms with Gasteiger partial charge in [-0.25, -0.2) is 0 Å². The standard InChI is InChI=1S/C14H16N2O2/c1-11(2)8-16-9-12(10-17)14(15-16)18-13-6-4-3-5-7-13/h3-7,9-11H,8H2,1-2H3. The monoisotopic (exact) mass is 244 g/mol. The quantitative estimate of drug-likeness (QED) is 0.759. The van der Waals surface area contributed by atoms with Crippen LogP contribution in [0.15, 0.2) is 36.5 Å². The molecule has 0 radical (unpaired) electrons. The fourth-order valence-corrected chi connectivity index (χ4v) is 1.65. The minimum atomic E-state index is 0.358. The van der Waals surface area contributed by atoms with Crippen molar-refractivity contribution in [2.75, 3.05) is 0 Å². The predicted octanol–water partition coefficient (Wildman–Crippen LogP) is 3.14. The van der Waals surface area contributed by atoms with Crippen LogP contribution in [0.2, 0.25) is 0 Å². The molecule has 4 heteroatoms. The van der Waals surface area contributed by atoms with Gasteiger partial charge in [-0.15, -0.1) is 5.10 Å². The van der Waals surface area contributed by atoms with E-state index in [2.05, 4.69) is 18.9 Å². The average Bonchev–Trinajstić information content (AvgIpc) is 2.71. The molecule has 0 spiro atoms. The zero-order valence-electron chi connectivity index (χ0n) is 10.5. The average molecular weight is 244 g/mol. The van der Waals surface area contributed by atoms with E-state index in [0.29, 0.717) is 23.1 Å². The second-order valence-electron chi connectivity index (χ2n) is 4.54. The SMILES string of the molecule is CC(C)Cn1cc(C=O)c(Oc2ccccc2)n1. The normalized spacial score (nSPS) is 10.6. The smallest absolute Gasteiger partial charge is 0.248 e. The maximum Gasteiger partial charge on any atom is 0.248 e. The number of aldehydes is 1. The van der Waals surface area contributed by atoms with Gasteiger partial charge in [0.25, 0.3) is 0 Å².